The van der Waals surface area contributed by atoms with Gasteiger partial charge in [0.25, 0.3) is 10.1 Å². The largest absolute Gasteiger partial charge is 0.862 e. The second kappa shape index (κ2) is 4.39. The topological polar surface area (TPSA) is 89.8 Å². The van der Waals surface area contributed by atoms with Gasteiger partial charge in [0, 0.05) is 0 Å². The number of hydrogen-bond donors (Lipinski definition) is 1. The minimum absolute atomic E-state index is 0.114. The molecular formula is C8H10NO4S-. The van der Waals surface area contributed by atoms with Gasteiger partial charge in [-0.3, -0.25) is 9.55 Å². The average molecular weight is 216 g/mol. The van der Waals surface area contributed by atoms with Crippen molar-refractivity contribution in [1.82, 2.24) is 0 Å². The van der Waals surface area contributed by atoms with E-state index in [2.05, 4.69) is 4.99 Å². The first-order valence-corrected chi connectivity index (χ1v) is 5.58. The monoisotopic (exact) mass is 216 g/mol. The summed E-state index contributed by atoms with van der Waals surface area (Å²) in [5.74, 6) is -1.38. The van der Waals surface area contributed by atoms with Crippen molar-refractivity contribution in [2.75, 3.05) is 5.88 Å². The fourth-order valence-corrected chi connectivity index (χ4v) is 1.33. The van der Waals surface area contributed by atoms with Crippen molar-refractivity contribution < 1.29 is 18.1 Å². The van der Waals surface area contributed by atoms with Gasteiger partial charge in [0.15, 0.2) is 5.88 Å². The molecule has 1 N–H and O–H groups in total. The Morgan fingerprint density at radius 2 is 2.36 bits per heavy atom. The van der Waals surface area contributed by atoms with E-state index in [4.69, 9.17) is 4.55 Å². The molecule has 0 radical (unpaired) electrons. The number of hydrogen-bond acceptors (Lipinski definition) is 4. The molecule has 5 nitrogen and oxygen atoms in total. The maximum Gasteiger partial charge on any atom is 0.285 e. The summed E-state index contributed by atoms with van der Waals surface area (Å²) in [5, 5.41) is 11.0. The van der Waals surface area contributed by atoms with Gasteiger partial charge in [-0.1, -0.05) is 23.8 Å². The first-order valence-electron chi connectivity index (χ1n) is 3.97. The number of aliphatic imine (C=N–C) groups is 1. The molecule has 0 aromatic carbocycles. The third-order valence-corrected chi connectivity index (χ3v) is 2.09. The number of rotatable bonds is 4. The van der Waals surface area contributed by atoms with E-state index in [9.17, 15) is 13.5 Å². The second-order valence-corrected chi connectivity index (χ2v) is 4.32. The molecule has 0 aromatic rings. The lowest BCUT2D eigenvalue weighted by molar-refractivity contribution is -0.218. The molecule has 0 saturated carbocycles. The molecule has 6 heteroatoms. The third-order valence-electron chi connectivity index (χ3n) is 1.63. The van der Waals surface area contributed by atoms with Gasteiger partial charge in [0.05, 0.1) is 0 Å². The Bertz CT molecular complexity index is 392. The summed E-state index contributed by atoms with van der Waals surface area (Å²) in [6.07, 6.45) is 6.33. The zero-order valence-corrected chi connectivity index (χ0v) is 8.20. The summed E-state index contributed by atoms with van der Waals surface area (Å²) >= 11 is 0. The molecule has 0 amide bonds. The van der Waals surface area contributed by atoms with Crippen LogP contribution in [0.1, 0.15) is 12.8 Å². The van der Waals surface area contributed by atoms with Gasteiger partial charge in [0.1, 0.15) is 0 Å². The Balaban J connectivity index is 2.45. The first-order chi connectivity index (χ1) is 6.47. The van der Waals surface area contributed by atoms with Crippen molar-refractivity contribution in [2.45, 2.75) is 12.8 Å². The molecule has 78 valence electrons. The highest BCUT2D eigenvalue weighted by Crippen LogP contribution is 2.13. The minimum Gasteiger partial charge on any atom is -0.862 e. The zero-order chi connectivity index (χ0) is 10.6. The van der Waals surface area contributed by atoms with Gasteiger partial charge < -0.3 is 5.11 Å². The Labute approximate surface area is 82.2 Å². The standard InChI is InChI=1S/C8H11NO4S/c10-8(9-6-14(11,12)13)5-7-3-1-2-4-7/h1-3H,4-6H2,(H,9,10)(H,11,12,13)/p-1. The molecule has 1 aliphatic carbocycles. The van der Waals surface area contributed by atoms with Gasteiger partial charge in [-0.2, -0.15) is 8.42 Å². The van der Waals surface area contributed by atoms with E-state index < -0.39 is 21.9 Å². The smallest absolute Gasteiger partial charge is 0.285 e. The predicted molar refractivity (Wildman–Crippen MR) is 50.3 cm³/mol. The predicted octanol–water partition coefficient (Wildman–Crippen LogP) is -0.133. The number of allylic oxidation sites excluding steroid dienone is 3. The van der Waals surface area contributed by atoms with Crippen molar-refractivity contribution in [3.05, 3.63) is 23.8 Å². The average Bonchev–Trinajstić information content (AvgIpc) is 2.52. The van der Waals surface area contributed by atoms with E-state index in [1.165, 1.54) is 0 Å². The van der Waals surface area contributed by atoms with Gasteiger partial charge in [-0.05, 0) is 18.7 Å². The summed E-state index contributed by atoms with van der Waals surface area (Å²) in [7, 11) is -4.18. The summed E-state index contributed by atoms with van der Waals surface area (Å²) in [4.78, 5) is 3.21. The molecule has 0 bridgehead atoms. The van der Waals surface area contributed by atoms with Crippen LogP contribution in [0.4, 0.5) is 0 Å². The highest BCUT2D eigenvalue weighted by atomic mass is 32.2. The molecule has 0 saturated heterocycles. The quantitative estimate of drug-likeness (QED) is 0.402. The van der Waals surface area contributed by atoms with Gasteiger partial charge in [-0.25, -0.2) is 0 Å². The molecule has 0 aromatic heterocycles. The molecule has 0 unspecified atom stereocenters. The van der Waals surface area contributed by atoms with Gasteiger partial charge in [-0.15, -0.1) is 0 Å². The SMILES string of the molecule is O=S(=O)(O)CN=C([O-])CC1=CC=CC1. The first kappa shape index (κ1) is 10.9. The number of nitrogens with zero attached hydrogens (tertiary/aromatic N) is 1. The van der Waals surface area contributed by atoms with Crippen LogP contribution in [0.2, 0.25) is 0 Å². The highest BCUT2D eigenvalue weighted by molar-refractivity contribution is 7.85. The maximum absolute atomic E-state index is 11.0. The van der Waals surface area contributed by atoms with E-state index in [1.807, 2.05) is 12.2 Å². The lowest BCUT2D eigenvalue weighted by Crippen LogP contribution is -2.19. The molecule has 0 atom stereocenters. The van der Waals surface area contributed by atoms with E-state index in [-0.39, 0.29) is 6.42 Å². The minimum atomic E-state index is -4.18. The second-order valence-electron chi connectivity index (χ2n) is 2.90. The van der Waals surface area contributed by atoms with E-state index in [1.54, 1.807) is 6.08 Å². The molecule has 0 heterocycles. The summed E-state index contributed by atoms with van der Waals surface area (Å²) < 4.78 is 28.8. The van der Waals surface area contributed by atoms with Crippen LogP contribution in [-0.2, 0) is 10.1 Å². The van der Waals surface area contributed by atoms with Gasteiger partial charge >= 0.3 is 0 Å². The van der Waals surface area contributed by atoms with E-state index in [0.717, 1.165) is 5.57 Å². The van der Waals surface area contributed by atoms with Crippen LogP contribution in [0.15, 0.2) is 28.8 Å². The Morgan fingerprint density at radius 3 is 2.86 bits per heavy atom. The Kier molecular flexibility index (Phi) is 3.43. The van der Waals surface area contributed by atoms with Crippen molar-refractivity contribution in [3.8, 4) is 0 Å². The Hall–Kier alpha value is -1.14. The fraction of sp³-hybridized carbons (Fsp3) is 0.375. The molecule has 0 fully saturated rings. The van der Waals surface area contributed by atoms with Crippen LogP contribution >= 0.6 is 0 Å². The molecule has 1 rings (SSSR count). The van der Waals surface area contributed by atoms with Crippen LogP contribution in [0.5, 0.6) is 0 Å². The molecule has 0 aliphatic heterocycles. The van der Waals surface area contributed by atoms with Crippen molar-refractivity contribution >= 4 is 16.0 Å². The van der Waals surface area contributed by atoms with E-state index >= 15 is 0 Å². The van der Waals surface area contributed by atoms with Crippen molar-refractivity contribution in [1.29, 1.82) is 0 Å². The highest BCUT2D eigenvalue weighted by Gasteiger charge is 2.02. The lowest BCUT2D eigenvalue weighted by atomic mass is 10.2. The van der Waals surface area contributed by atoms with Crippen LogP contribution < -0.4 is 5.11 Å². The van der Waals surface area contributed by atoms with Gasteiger partial charge in [0.2, 0.25) is 0 Å². The molecule has 14 heavy (non-hydrogen) atoms. The summed E-state index contributed by atoms with van der Waals surface area (Å²) in [5.41, 5.74) is 0.897. The summed E-state index contributed by atoms with van der Waals surface area (Å²) in [6.45, 7) is 0. The van der Waals surface area contributed by atoms with E-state index in [0.29, 0.717) is 6.42 Å². The van der Waals surface area contributed by atoms with Crippen molar-refractivity contribution in [3.63, 3.8) is 0 Å². The van der Waals surface area contributed by atoms with Crippen LogP contribution in [0, 0.1) is 0 Å². The van der Waals surface area contributed by atoms with Crippen LogP contribution in [-0.4, -0.2) is 24.7 Å². The molecule has 0 spiro atoms. The van der Waals surface area contributed by atoms with Crippen LogP contribution in [0.3, 0.4) is 0 Å². The third kappa shape index (κ3) is 4.20. The normalized spacial score (nSPS) is 17.2. The van der Waals surface area contributed by atoms with Crippen LogP contribution in [0.25, 0.3) is 0 Å². The molecule has 1 aliphatic rings. The Morgan fingerprint density at radius 1 is 1.64 bits per heavy atom. The fourth-order valence-electron chi connectivity index (χ4n) is 1.03. The van der Waals surface area contributed by atoms with Crippen molar-refractivity contribution in [2.24, 2.45) is 4.99 Å². The molecular weight excluding hydrogens is 206 g/mol. The zero-order valence-electron chi connectivity index (χ0n) is 7.38. The lowest BCUT2D eigenvalue weighted by Gasteiger charge is -2.10. The maximum atomic E-state index is 11.0. The summed E-state index contributed by atoms with van der Waals surface area (Å²) in [6, 6.07) is 0.